The summed E-state index contributed by atoms with van der Waals surface area (Å²) in [6.45, 7) is 6.58. The number of rotatable bonds is 60. The van der Waals surface area contributed by atoms with Gasteiger partial charge in [0.05, 0.1) is 0 Å². The van der Waals surface area contributed by atoms with E-state index in [4.69, 9.17) is 14.2 Å². The van der Waals surface area contributed by atoms with Crippen LogP contribution in [-0.2, 0) is 28.6 Å². The van der Waals surface area contributed by atoms with Crippen LogP contribution in [0.4, 0.5) is 0 Å². The third-order valence-corrected chi connectivity index (χ3v) is 14.5. The average Bonchev–Trinajstić information content (AvgIpc) is 3.41. The Kier molecular flexibility index (Phi) is 61.2. The van der Waals surface area contributed by atoms with Crippen molar-refractivity contribution < 1.29 is 28.6 Å². The number of allylic oxidation sites excluding steroid dienone is 10. The lowest BCUT2D eigenvalue weighted by molar-refractivity contribution is -0.167. The van der Waals surface area contributed by atoms with Gasteiger partial charge in [-0.3, -0.25) is 14.4 Å². The predicted molar refractivity (Wildman–Crippen MR) is 325 cm³/mol. The zero-order valence-electron chi connectivity index (χ0n) is 50.1. The lowest BCUT2D eigenvalue weighted by atomic mass is 10.0. The third-order valence-electron chi connectivity index (χ3n) is 14.5. The minimum atomic E-state index is -0.777. The molecule has 1 atom stereocenters. The SMILES string of the molecule is CC/C=C\C/C=C\C/C=C\C/C=C\C/C=C\CCCCCCCCCC(=O)OCC(COC(=O)CCCCCCCCCCCCCCCCCC)OC(=O)CCCCCCCCCCCCCCCCCCCC. The van der Waals surface area contributed by atoms with E-state index in [1.807, 2.05) is 0 Å². The molecule has 0 aliphatic heterocycles. The molecule has 0 aliphatic carbocycles. The highest BCUT2D eigenvalue weighted by molar-refractivity contribution is 5.71. The van der Waals surface area contributed by atoms with Crippen LogP contribution in [0.5, 0.6) is 0 Å². The van der Waals surface area contributed by atoms with Gasteiger partial charge in [-0.2, -0.15) is 0 Å². The van der Waals surface area contributed by atoms with Crippen molar-refractivity contribution >= 4 is 17.9 Å². The summed E-state index contributed by atoms with van der Waals surface area (Å²) < 4.78 is 17.0. The minimum absolute atomic E-state index is 0.0725. The van der Waals surface area contributed by atoms with Gasteiger partial charge >= 0.3 is 17.9 Å². The summed E-state index contributed by atoms with van der Waals surface area (Å²) in [4.78, 5) is 38.4. The van der Waals surface area contributed by atoms with Gasteiger partial charge in [-0.15, -0.1) is 0 Å². The van der Waals surface area contributed by atoms with E-state index in [1.165, 1.54) is 205 Å². The van der Waals surface area contributed by atoms with Gasteiger partial charge in [0.25, 0.3) is 0 Å². The Bertz CT molecular complexity index is 1340. The number of carbonyl (C=O) groups excluding carboxylic acids is 3. The molecule has 0 saturated carbocycles. The summed E-state index contributed by atoms with van der Waals surface area (Å²) >= 11 is 0. The summed E-state index contributed by atoms with van der Waals surface area (Å²) in [7, 11) is 0. The van der Waals surface area contributed by atoms with Gasteiger partial charge in [0.1, 0.15) is 13.2 Å². The smallest absolute Gasteiger partial charge is 0.306 e. The lowest BCUT2D eigenvalue weighted by Gasteiger charge is -2.18. The number of unbranched alkanes of at least 4 members (excludes halogenated alkanes) is 39. The molecule has 0 saturated heterocycles. The van der Waals surface area contributed by atoms with Gasteiger partial charge in [-0.05, 0) is 64.2 Å². The quantitative estimate of drug-likeness (QED) is 0.0261. The van der Waals surface area contributed by atoms with Crippen LogP contribution in [-0.4, -0.2) is 37.2 Å². The van der Waals surface area contributed by atoms with Gasteiger partial charge < -0.3 is 14.2 Å². The van der Waals surface area contributed by atoms with Crippen LogP contribution < -0.4 is 0 Å². The van der Waals surface area contributed by atoms with E-state index >= 15 is 0 Å². The molecular weight excluding hydrogens is 925 g/mol. The summed E-state index contributed by atoms with van der Waals surface area (Å²) in [5, 5.41) is 0. The Balaban J connectivity index is 4.35. The van der Waals surface area contributed by atoms with Crippen molar-refractivity contribution in [3.05, 3.63) is 60.8 Å². The molecule has 0 aromatic carbocycles. The van der Waals surface area contributed by atoms with Crippen molar-refractivity contribution in [2.75, 3.05) is 13.2 Å². The highest BCUT2D eigenvalue weighted by Gasteiger charge is 2.19. The summed E-state index contributed by atoms with van der Waals surface area (Å²) in [6, 6.07) is 0. The zero-order chi connectivity index (χ0) is 54.3. The Morgan fingerprint density at radius 1 is 0.280 bits per heavy atom. The van der Waals surface area contributed by atoms with Crippen LogP contribution in [0.1, 0.15) is 342 Å². The molecule has 1 unspecified atom stereocenters. The Hall–Kier alpha value is -2.89. The van der Waals surface area contributed by atoms with E-state index in [9.17, 15) is 14.4 Å². The molecule has 0 rings (SSSR count). The fraction of sp³-hybridized carbons (Fsp3) is 0.812. The minimum Gasteiger partial charge on any atom is -0.462 e. The van der Waals surface area contributed by atoms with Crippen LogP contribution in [0.25, 0.3) is 0 Å². The first kappa shape index (κ1) is 72.1. The van der Waals surface area contributed by atoms with Gasteiger partial charge in [-0.1, -0.05) is 319 Å². The maximum absolute atomic E-state index is 12.9. The molecule has 0 heterocycles. The zero-order valence-corrected chi connectivity index (χ0v) is 50.1. The molecule has 6 heteroatoms. The van der Waals surface area contributed by atoms with Gasteiger partial charge in [0, 0.05) is 19.3 Å². The van der Waals surface area contributed by atoms with Gasteiger partial charge in [0.2, 0.25) is 0 Å². The first-order valence-electron chi connectivity index (χ1n) is 32.8. The summed E-state index contributed by atoms with van der Waals surface area (Å²) in [5.41, 5.74) is 0. The van der Waals surface area contributed by atoms with E-state index < -0.39 is 6.10 Å². The maximum atomic E-state index is 12.9. The molecule has 75 heavy (non-hydrogen) atoms. The number of hydrogen-bond acceptors (Lipinski definition) is 6. The third kappa shape index (κ3) is 61.8. The summed E-state index contributed by atoms with van der Waals surface area (Å²) in [5.74, 6) is -0.860. The normalized spacial score (nSPS) is 12.4. The standard InChI is InChI=1S/C69H124O6/c1-4-7-10-13-16-19-22-25-28-31-33-34-35-36-37-39-41-44-47-50-53-56-59-62-68(71)74-65-66(64-73-67(70)61-58-55-52-49-46-43-40-30-27-24-21-18-15-12-9-6-3)75-69(72)63-60-57-54-51-48-45-42-38-32-29-26-23-20-17-14-11-8-5-2/h7,10,16,19,25,28,33-34,36-37,66H,4-6,8-9,11-15,17-18,20-24,26-27,29-32,35,38-65H2,1-3H3/b10-7-,19-16-,28-25-,34-33-,37-36-. The number of carbonyl (C=O) groups is 3. The molecule has 436 valence electrons. The topological polar surface area (TPSA) is 78.9 Å². The molecule has 6 nitrogen and oxygen atoms in total. The van der Waals surface area contributed by atoms with E-state index in [-0.39, 0.29) is 31.1 Å². The molecule has 0 N–H and O–H groups in total. The second kappa shape index (κ2) is 63.6. The van der Waals surface area contributed by atoms with Crippen LogP contribution in [0.3, 0.4) is 0 Å². The number of ether oxygens (including phenoxy) is 3. The molecule has 0 aromatic heterocycles. The number of hydrogen-bond donors (Lipinski definition) is 0. The first-order valence-corrected chi connectivity index (χ1v) is 32.8. The van der Waals surface area contributed by atoms with Crippen LogP contribution in [0.15, 0.2) is 60.8 Å². The Morgan fingerprint density at radius 3 is 0.813 bits per heavy atom. The van der Waals surface area contributed by atoms with Crippen molar-refractivity contribution in [1.82, 2.24) is 0 Å². The largest absolute Gasteiger partial charge is 0.462 e. The molecule has 0 fully saturated rings. The monoisotopic (exact) mass is 1050 g/mol. The number of esters is 3. The van der Waals surface area contributed by atoms with Crippen molar-refractivity contribution in [3.63, 3.8) is 0 Å². The highest BCUT2D eigenvalue weighted by atomic mass is 16.6. The van der Waals surface area contributed by atoms with Crippen molar-refractivity contribution in [2.24, 2.45) is 0 Å². The molecular formula is C69H124O6. The van der Waals surface area contributed by atoms with Gasteiger partial charge in [0.15, 0.2) is 6.10 Å². The van der Waals surface area contributed by atoms with Crippen molar-refractivity contribution in [1.29, 1.82) is 0 Å². The van der Waals surface area contributed by atoms with Crippen molar-refractivity contribution in [2.45, 2.75) is 348 Å². The average molecular weight is 1050 g/mol. The van der Waals surface area contributed by atoms with Crippen LogP contribution in [0.2, 0.25) is 0 Å². The van der Waals surface area contributed by atoms with Crippen LogP contribution >= 0.6 is 0 Å². The van der Waals surface area contributed by atoms with Crippen LogP contribution in [0, 0.1) is 0 Å². The van der Waals surface area contributed by atoms with Crippen molar-refractivity contribution in [3.8, 4) is 0 Å². The molecule has 0 aromatic rings. The van der Waals surface area contributed by atoms with E-state index in [1.54, 1.807) is 0 Å². The molecule has 0 radical (unpaired) electrons. The molecule has 0 aliphatic rings. The van der Waals surface area contributed by atoms with E-state index in [2.05, 4.69) is 81.5 Å². The fourth-order valence-corrected chi connectivity index (χ4v) is 9.65. The second-order valence-corrected chi connectivity index (χ2v) is 22.0. The highest BCUT2D eigenvalue weighted by Crippen LogP contribution is 2.18. The predicted octanol–water partition coefficient (Wildman–Crippen LogP) is 22.3. The fourth-order valence-electron chi connectivity index (χ4n) is 9.65. The molecule has 0 spiro atoms. The molecule has 0 amide bonds. The Labute approximate surface area is 466 Å². The maximum Gasteiger partial charge on any atom is 0.306 e. The summed E-state index contributed by atoms with van der Waals surface area (Å²) in [6.07, 6.45) is 80.8. The van der Waals surface area contributed by atoms with E-state index in [0.717, 1.165) is 96.3 Å². The Morgan fingerprint density at radius 2 is 0.520 bits per heavy atom. The molecule has 0 bridgehead atoms. The first-order chi connectivity index (χ1) is 37.0. The van der Waals surface area contributed by atoms with Gasteiger partial charge in [-0.25, -0.2) is 0 Å². The second-order valence-electron chi connectivity index (χ2n) is 22.0. The van der Waals surface area contributed by atoms with E-state index in [0.29, 0.717) is 19.3 Å². The lowest BCUT2D eigenvalue weighted by Crippen LogP contribution is -2.30.